The van der Waals surface area contributed by atoms with Crippen molar-refractivity contribution in [1.29, 1.82) is 0 Å². The number of anilines is 3. The van der Waals surface area contributed by atoms with Gasteiger partial charge >= 0.3 is 18.0 Å². The number of nitrogens with one attached hydrogen (secondary N) is 4. The second kappa shape index (κ2) is 17.9. The van der Waals surface area contributed by atoms with E-state index < -0.39 is 42.3 Å². The average Bonchev–Trinajstić information content (AvgIpc) is 3.98. The van der Waals surface area contributed by atoms with E-state index in [0.717, 1.165) is 11.1 Å². The molecule has 0 radical (unpaired) electrons. The third kappa shape index (κ3) is 8.95. The van der Waals surface area contributed by atoms with Gasteiger partial charge in [0.1, 0.15) is 12.2 Å². The second-order valence-corrected chi connectivity index (χ2v) is 14.6. The van der Waals surface area contributed by atoms with Gasteiger partial charge in [-0.25, -0.2) is 19.4 Å². The Morgan fingerprint density at radius 2 is 1.51 bits per heavy atom. The number of hydrogen-bond donors (Lipinski definition) is 6. The summed E-state index contributed by atoms with van der Waals surface area (Å²) in [5.74, 6) is -0.819. The minimum absolute atomic E-state index is 0.0430. The highest BCUT2D eigenvalue weighted by Gasteiger charge is 2.44. The summed E-state index contributed by atoms with van der Waals surface area (Å²) in [7, 11) is 2.43. The van der Waals surface area contributed by atoms with Crippen LogP contribution in [0.3, 0.4) is 0 Å². The number of esters is 2. The number of fused-ring (bicyclic) bond motifs is 1. The number of aliphatic hydroxyl groups is 2. The predicted octanol–water partition coefficient (Wildman–Crippen LogP) is 3.61. The third-order valence-corrected chi connectivity index (χ3v) is 10.8. The molecule has 3 amide bonds. The Labute approximate surface area is 340 Å². The molecule has 2 aromatic heterocycles. The summed E-state index contributed by atoms with van der Waals surface area (Å²) in [5.41, 5.74) is 3.42. The molecule has 59 heavy (non-hydrogen) atoms. The maximum Gasteiger partial charge on any atom is 0.337 e. The number of aliphatic hydroxyl groups excluding tert-OH is 2. The van der Waals surface area contributed by atoms with Crippen molar-refractivity contribution in [2.24, 2.45) is 0 Å². The monoisotopic (exact) mass is 805 g/mol. The summed E-state index contributed by atoms with van der Waals surface area (Å²) in [4.78, 5) is 66.6. The lowest BCUT2D eigenvalue weighted by Crippen LogP contribution is -2.42. The lowest BCUT2D eigenvalue weighted by Gasteiger charge is -2.22. The molecule has 7 rings (SSSR count). The molecule has 0 bridgehead atoms. The van der Waals surface area contributed by atoms with Crippen molar-refractivity contribution in [3.05, 3.63) is 107 Å². The fourth-order valence-corrected chi connectivity index (χ4v) is 7.73. The summed E-state index contributed by atoms with van der Waals surface area (Å²) in [5, 5.41) is 34.2. The molecule has 5 atom stereocenters. The molecule has 0 unspecified atom stereocenters. The summed E-state index contributed by atoms with van der Waals surface area (Å²) in [6.07, 6.45) is 0.202. The number of imidazole rings is 1. The maximum atomic E-state index is 13.3. The van der Waals surface area contributed by atoms with Crippen LogP contribution in [0.1, 0.15) is 70.0 Å². The van der Waals surface area contributed by atoms with Crippen molar-refractivity contribution in [3.8, 4) is 0 Å². The topological polar surface area (TPSA) is 222 Å². The van der Waals surface area contributed by atoms with Gasteiger partial charge in [0, 0.05) is 43.7 Å². The number of nitrogens with zero attached hydrogens (tertiary/aromatic N) is 5. The van der Waals surface area contributed by atoms with Crippen LogP contribution in [0.2, 0.25) is 0 Å². The fraction of sp³-hybridized carbons (Fsp3) is 0.357. The zero-order chi connectivity index (χ0) is 41.6. The molecular weight excluding hydrogens is 759 g/mol. The minimum Gasteiger partial charge on any atom is -0.465 e. The van der Waals surface area contributed by atoms with Crippen LogP contribution in [0.25, 0.3) is 11.2 Å². The molecule has 308 valence electrons. The third-order valence-electron chi connectivity index (χ3n) is 10.8. The number of carbonyl (C=O) groups is 4. The number of urea groups is 1. The lowest BCUT2D eigenvalue weighted by atomic mass is 9.91. The van der Waals surface area contributed by atoms with E-state index in [-0.39, 0.29) is 47.5 Å². The highest BCUT2D eigenvalue weighted by molar-refractivity contribution is 5.99. The molecule has 1 aliphatic heterocycles. The van der Waals surface area contributed by atoms with Gasteiger partial charge in [-0.3, -0.25) is 4.79 Å². The highest BCUT2D eigenvalue weighted by Crippen LogP contribution is 2.36. The first kappa shape index (κ1) is 40.6. The Balaban J connectivity index is 1.16. The normalized spacial score (nSPS) is 20.0. The van der Waals surface area contributed by atoms with Crippen molar-refractivity contribution in [2.75, 3.05) is 49.4 Å². The summed E-state index contributed by atoms with van der Waals surface area (Å²) < 4.78 is 11.3. The molecule has 17 nitrogen and oxygen atoms in total. The van der Waals surface area contributed by atoms with Crippen LogP contribution < -0.4 is 26.2 Å². The molecule has 3 aromatic carbocycles. The molecular formula is C42H47N9O8. The molecule has 1 saturated carbocycles. The minimum atomic E-state index is -1.21. The number of aromatic nitrogens is 4. The van der Waals surface area contributed by atoms with Crippen molar-refractivity contribution in [2.45, 2.75) is 62.4 Å². The van der Waals surface area contributed by atoms with Crippen LogP contribution in [-0.4, -0.2) is 112 Å². The van der Waals surface area contributed by atoms with Crippen molar-refractivity contribution >= 4 is 52.5 Å². The number of methoxy groups -OCH3 is 2. The van der Waals surface area contributed by atoms with Crippen LogP contribution >= 0.6 is 0 Å². The first-order valence-corrected chi connectivity index (χ1v) is 19.4. The Hall–Kier alpha value is -6.59. The van der Waals surface area contributed by atoms with Crippen molar-refractivity contribution in [1.82, 2.24) is 30.2 Å². The summed E-state index contributed by atoms with van der Waals surface area (Å²) in [6, 6.07) is 22.2. The molecule has 0 spiro atoms. The zero-order valence-electron chi connectivity index (χ0n) is 32.9. The number of rotatable bonds is 13. The Kier molecular flexibility index (Phi) is 12.3. The number of ether oxygens (including phenoxy) is 2. The number of carbonyl (C=O) groups excluding carboxylic acids is 4. The van der Waals surface area contributed by atoms with Gasteiger partial charge in [0.2, 0.25) is 11.9 Å². The molecule has 17 heteroatoms. The fourth-order valence-electron chi connectivity index (χ4n) is 7.73. The molecule has 1 saturated heterocycles. The largest absolute Gasteiger partial charge is 0.465 e. The van der Waals surface area contributed by atoms with E-state index in [2.05, 4.69) is 45.5 Å². The van der Waals surface area contributed by atoms with Crippen LogP contribution in [0.15, 0.2) is 85.2 Å². The van der Waals surface area contributed by atoms with E-state index in [4.69, 9.17) is 24.4 Å². The smallest absolute Gasteiger partial charge is 0.337 e. The van der Waals surface area contributed by atoms with Gasteiger partial charge in [-0.15, -0.1) is 0 Å². The number of amides is 3. The zero-order valence-corrected chi connectivity index (χ0v) is 32.9. The first-order chi connectivity index (χ1) is 28.6. The first-order valence-electron chi connectivity index (χ1n) is 19.4. The molecule has 3 heterocycles. The van der Waals surface area contributed by atoms with Gasteiger partial charge in [0.15, 0.2) is 17.0 Å². The summed E-state index contributed by atoms with van der Waals surface area (Å²) >= 11 is 0. The van der Waals surface area contributed by atoms with Gasteiger partial charge < -0.3 is 50.4 Å². The molecule has 1 aliphatic carbocycles. The van der Waals surface area contributed by atoms with Crippen molar-refractivity contribution < 1.29 is 38.9 Å². The SMILES string of the molecule is CCC(=O)N[C@H]1C[C@@H](n2cnc3c(NCC(c4ccccc4)c4ccccc4)nc(N4CC[C@@H](NC(=O)Nc5cc(C(=O)OC)cc(C(=O)OC)c5)C4)nc32)[C@H](O)[C@@H]1O. The average molecular weight is 806 g/mol. The van der Waals surface area contributed by atoms with Crippen LogP contribution in [-0.2, 0) is 14.3 Å². The molecule has 2 aliphatic rings. The number of benzene rings is 3. The van der Waals surface area contributed by atoms with Crippen LogP contribution in [0, 0.1) is 0 Å². The van der Waals surface area contributed by atoms with Gasteiger partial charge in [0.25, 0.3) is 0 Å². The van der Waals surface area contributed by atoms with E-state index >= 15 is 0 Å². The van der Waals surface area contributed by atoms with Gasteiger partial charge in [0.05, 0.1) is 43.8 Å². The molecule has 6 N–H and O–H groups in total. The van der Waals surface area contributed by atoms with Crippen LogP contribution in [0.4, 0.5) is 22.2 Å². The van der Waals surface area contributed by atoms with Gasteiger partial charge in [-0.1, -0.05) is 67.6 Å². The molecule has 5 aromatic rings. The molecule has 2 fully saturated rings. The lowest BCUT2D eigenvalue weighted by molar-refractivity contribution is -0.122. The van der Waals surface area contributed by atoms with E-state index in [1.165, 1.54) is 32.4 Å². The Morgan fingerprint density at radius 1 is 0.864 bits per heavy atom. The van der Waals surface area contributed by atoms with Gasteiger partial charge in [-0.05, 0) is 42.2 Å². The Bertz CT molecular complexity index is 2230. The predicted molar refractivity (Wildman–Crippen MR) is 218 cm³/mol. The highest BCUT2D eigenvalue weighted by atomic mass is 16.5. The van der Waals surface area contributed by atoms with E-state index in [1.54, 1.807) is 17.8 Å². The van der Waals surface area contributed by atoms with E-state index in [0.29, 0.717) is 49.0 Å². The Morgan fingerprint density at radius 3 is 2.12 bits per heavy atom. The van der Waals surface area contributed by atoms with Crippen LogP contribution in [0.5, 0.6) is 0 Å². The quantitative estimate of drug-likeness (QED) is 0.0938. The number of hydrogen-bond acceptors (Lipinski definition) is 13. The maximum absolute atomic E-state index is 13.3. The second-order valence-electron chi connectivity index (χ2n) is 14.6. The van der Waals surface area contributed by atoms with E-state index in [9.17, 15) is 29.4 Å². The standard InChI is InChI=1S/C42H47N9O8/c1-4-33(52)47-31-20-32(36(54)35(31)53)51-23-44-34-37(43-21-30(24-11-7-5-8-12-24)25-13-9-6-10-14-25)48-41(49-38(34)51)50-16-15-28(22-50)45-42(57)46-29-18-26(39(55)58-2)17-27(19-29)40(56)59-3/h5-14,17-19,23,28,30-32,35-36,53-54H,4,15-16,20-22H2,1-3H3,(H,47,52)(H,43,48,49)(H2,45,46,57)/t28-,31+,32-,35-,36+/m1/s1. The summed E-state index contributed by atoms with van der Waals surface area (Å²) in [6.45, 7) is 3.01. The van der Waals surface area contributed by atoms with Gasteiger partial charge in [-0.2, -0.15) is 9.97 Å². The van der Waals surface area contributed by atoms with E-state index in [1.807, 2.05) is 41.3 Å². The van der Waals surface area contributed by atoms with Crippen molar-refractivity contribution in [3.63, 3.8) is 0 Å².